The fraction of sp³-hybridized carbons (Fsp3) is 0.435. The third-order valence-electron chi connectivity index (χ3n) is 5.38. The first kappa shape index (κ1) is 21.1. The molecule has 0 bridgehead atoms. The van der Waals surface area contributed by atoms with E-state index in [9.17, 15) is 4.79 Å². The first-order valence-electron chi connectivity index (χ1n) is 9.98. The van der Waals surface area contributed by atoms with Gasteiger partial charge in [0.25, 0.3) is 0 Å². The van der Waals surface area contributed by atoms with Crippen molar-refractivity contribution in [2.75, 3.05) is 33.9 Å². The van der Waals surface area contributed by atoms with Crippen LogP contribution in [0.4, 0.5) is 0 Å². The zero-order valence-electron chi connectivity index (χ0n) is 17.2. The lowest BCUT2D eigenvalue weighted by Crippen LogP contribution is -2.49. The fourth-order valence-electron chi connectivity index (χ4n) is 3.66. The molecule has 1 heterocycles. The SMILES string of the molecule is COCC1(C(=O)NCc2ccc(OCc3ccccc3)c(OC)c2)CCNCC1. The predicted octanol–water partition coefficient (Wildman–Crippen LogP) is 2.91. The molecule has 29 heavy (non-hydrogen) atoms. The summed E-state index contributed by atoms with van der Waals surface area (Å²) in [5, 5.41) is 6.39. The molecule has 1 saturated heterocycles. The van der Waals surface area contributed by atoms with Crippen LogP contribution >= 0.6 is 0 Å². The maximum atomic E-state index is 12.9. The van der Waals surface area contributed by atoms with Crippen molar-refractivity contribution >= 4 is 5.91 Å². The summed E-state index contributed by atoms with van der Waals surface area (Å²) < 4.78 is 16.7. The van der Waals surface area contributed by atoms with E-state index in [-0.39, 0.29) is 5.91 Å². The van der Waals surface area contributed by atoms with Gasteiger partial charge in [0.15, 0.2) is 11.5 Å². The Labute approximate surface area is 172 Å². The van der Waals surface area contributed by atoms with Gasteiger partial charge in [0, 0.05) is 13.7 Å². The molecule has 0 unspecified atom stereocenters. The summed E-state index contributed by atoms with van der Waals surface area (Å²) in [5.41, 5.74) is 1.60. The van der Waals surface area contributed by atoms with Gasteiger partial charge in [0.05, 0.1) is 19.1 Å². The van der Waals surface area contributed by atoms with Crippen LogP contribution in [0.3, 0.4) is 0 Å². The number of hydrogen-bond acceptors (Lipinski definition) is 5. The summed E-state index contributed by atoms with van der Waals surface area (Å²) in [6, 6.07) is 15.7. The van der Waals surface area contributed by atoms with Crippen LogP contribution in [-0.2, 0) is 22.7 Å². The first-order chi connectivity index (χ1) is 14.2. The molecular weight excluding hydrogens is 368 g/mol. The lowest BCUT2D eigenvalue weighted by molar-refractivity contribution is -0.136. The van der Waals surface area contributed by atoms with E-state index in [4.69, 9.17) is 14.2 Å². The highest BCUT2D eigenvalue weighted by Crippen LogP contribution is 2.31. The van der Waals surface area contributed by atoms with Gasteiger partial charge in [-0.15, -0.1) is 0 Å². The third-order valence-corrected chi connectivity index (χ3v) is 5.38. The Kier molecular flexibility index (Phi) is 7.49. The van der Waals surface area contributed by atoms with E-state index in [1.54, 1.807) is 14.2 Å². The van der Waals surface area contributed by atoms with E-state index in [1.165, 1.54) is 0 Å². The predicted molar refractivity (Wildman–Crippen MR) is 112 cm³/mol. The molecule has 0 aliphatic carbocycles. The highest BCUT2D eigenvalue weighted by Gasteiger charge is 2.39. The van der Waals surface area contributed by atoms with Gasteiger partial charge in [-0.1, -0.05) is 36.4 Å². The molecule has 0 atom stereocenters. The van der Waals surface area contributed by atoms with E-state index in [0.717, 1.165) is 37.1 Å². The van der Waals surface area contributed by atoms with Crippen molar-refractivity contribution in [2.24, 2.45) is 5.41 Å². The Bertz CT molecular complexity index is 783. The molecule has 2 aromatic carbocycles. The van der Waals surface area contributed by atoms with Crippen molar-refractivity contribution in [2.45, 2.75) is 26.0 Å². The normalized spacial score (nSPS) is 15.5. The molecule has 6 nitrogen and oxygen atoms in total. The quantitative estimate of drug-likeness (QED) is 0.680. The molecule has 6 heteroatoms. The molecule has 156 valence electrons. The lowest BCUT2D eigenvalue weighted by atomic mass is 9.78. The maximum absolute atomic E-state index is 12.9. The molecule has 0 spiro atoms. The minimum absolute atomic E-state index is 0.0456. The molecule has 2 N–H and O–H groups in total. The number of methoxy groups -OCH3 is 2. The molecule has 1 aliphatic rings. The van der Waals surface area contributed by atoms with Crippen LogP contribution in [0.5, 0.6) is 11.5 Å². The van der Waals surface area contributed by atoms with Crippen LogP contribution in [0.25, 0.3) is 0 Å². The Morgan fingerprint density at radius 3 is 2.48 bits per heavy atom. The molecule has 2 aromatic rings. The van der Waals surface area contributed by atoms with Crippen LogP contribution in [-0.4, -0.2) is 39.8 Å². The smallest absolute Gasteiger partial charge is 0.228 e. The van der Waals surface area contributed by atoms with Gasteiger partial charge < -0.3 is 24.8 Å². The Balaban J connectivity index is 1.61. The number of carbonyl (C=O) groups is 1. The summed E-state index contributed by atoms with van der Waals surface area (Å²) in [5.74, 6) is 1.38. The fourth-order valence-corrected chi connectivity index (χ4v) is 3.66. The molecule has 1 aliphatic heterocycles. The number of piperidine rings is 1. The molecule has 3 rings (SSSR count). The third kappa shape index (κ3) is 5.49. The van der Waals surface area contributed by atoms with Crippen LogP contribution in [0.2, 0.25) is 0 Å². The van der Waals surface area contributed by atoms with Crippen LogP contribution < -0.4 is 20.1 Å². The Hall–Kier alpha value is -2.57. The second-order valence-corrected chi connectivity index (χ2v) is 7.41. The average molecular weight is 399 g/mol. The highest BCUT2D eigenvalue weighted by molar-refractivity contribution is 5.83. The average Bonchev–Trinajstić information content (AvgIpc) is 2.77. The summed E-state index contributed by atoms with van der Waals surface area (Å²) in [4.78, 5) is 12.9. The molecule has 0 radical (unpaired) electrons. The second kappa shape index (κ2) is 10.3. The minimum atomic E-state index is -0.456. The zero-order chi connectivity index (χ0) is 20.5. The van der Waals surface area contributed by atoms with Crippen molar-refractivity contribution in [1.29, 1.82) is 0 Å². The molecule has 0 aromatic heterocycles. The van der Waals surface area contributed by atoms with Crippen molar-refractivity contribution < 1.29 is 19.0 Å². The van der Waals surface area contributed by atoms with Gasteiger partial charge in [-0.05, 0) is 49.2 Å². The van der Waals surface area contributed by atoms with Gasteiger partial charge in [0.1, 0.15) is 6.61 Å². The van der Waals surface area contributed by atoms with Crippen LogP contribution in [0, 0.1) is 5.41 Å². The van der Waals surface area contributed by atoms with Crippen molar-refractivity contribution in [3.05, 3.63) is 59.7 Å². The number of carbonyl (C=O) groups excluding carboxylic acids is 1. The minimum Gasteiger partial charge on any atom is -0.493 e. The van der Waals surface area contributed by atoms with Gasteiger partial charge in [-0.3, -0.25) is 4.79 Å². The van der Waals surface area contributed by atoms with Crippen molar-refractivity contribution in [3.8, 4) is 11.5 Å². The first-order valence-corrected chi connectivity index (χ1v) is 9.98. The number of rotatable bonds is 9. The van der Waals surface area contributed by atoms with Crippen LogP contribution in [0.1, 0.15) is 24.0 Å². The maximum Gasteiger partial charge on any atom is 0.228 e. The zero-order valence-corrected chi connectivity index (χ0v) is 17.2. The number of benzene rings is 2. The van der Waals surface area contributed by atoms with Gasteiger partial charge >= 0.3 is 0 Å². The summed E-state index contributed by atoms with van der Waals surface area (Å²) >= 11 is 0. The summed E-state index contributed by atoms with van der Waals surface area (Å²) in [7, 11) is 3.27. The number of hydrogen-bond donors (Lipinski definition) is 2. The largest absolute Gasteiger partial charge is 0.493 e. The van der Waals surface area contributed by atoms with Gasteiger partial charge in [0.2, 0.25) is 5.91 Å². The molecule has 1 amide bonds. The van der Waals surface area contributed by atoms with Crippen LogP contribution in [0.15, 0.2) is 48.5 Å². The van der Waals surface area contributed by atoms with E-state index in [1.807, 2.05) is 48.5 Å². The Morgan fingerprint density at radius 2 is 1.79 bits per heavy atom. The standard InChI is InChI=1S/C23H30N2O4/c1-27-17-23(10-12-24-13-11-23)22(26)25-15-19-8-9-20(21(14-19)28-2)29-16-18-6-4-3-5-7-18/h3-9,14,24H,10-13,15-17H2,1-2H3,(H,25,26). The molecular formula is C23H30N2O4. The lowest BCUT2D eigenvalue weighted by Gasteiger charge is -2.35. The highest BCUT2D eigenvalue weighted by atomic mass is 16.5. The van der Waals surface area contributed by atoms with Crippen molar-refractivity contribution in [1.82, 2.24) is 10.6 Å². The number of amides is 1. The number of ether oxygens (including phenoxy) is 3. The monoisotopic (exact) mass is 398 g/mol. The van der Waals surface area contributed by atoms with Crippen molar-refractivity contribution in [3.63, 3.8) is 0 Å². The second-order valence-electron chi connectivity index (χ2n) is 7.41. The summed E-state index contributed by atoms with van der Waals surface area (Å²) in [6.07, 6.45) is 1.56. The van der Waals surface area contributed by atoms with Gasteiger partial charge in [-0.2, -0.15) is 0 Å². The molecule has 0 saturated carbocycles. The summed E-state index contributed by atoms with van der Waals surface area (Å²) in [6.45, 7) is 3.01. The van der Waals surface area contributed by atoms with E-state index < -0.39 is 5.41 Å². The number of nitrogens with one attached hydrogen (secondary N) is 2. The molecule has 1 fully saturated rings. The van der Waals surface area contributed by atoms with E-state index in [0.29, 0.717) is 31.3 Å². The van der Waals surface area contributed by atoms with Gasteiger partial charge in [-0.25, -0.2) is 0 Å². The Morgan fingerprint density at radius 1 is 1.03 bits per heavy atom. The van der Waals surface area contributed by atoms with E-state index >= 15 is 0 Å². The van der Waals surface area contributed by atoms with E-state index in [2.05, 4.69) is 10.6 Å². The topological polar surface area (TPSA) is 68.8 Å².